The van der Waals surface area contributed by atoms with Crippen molar-refractivity contribution < 1.29 is 33.1 Å². The molecule has 0 aliphatic carbocycles. The van der Waals surface area contributed by atoms with Crippen molar-refractivity contribution in [1.29, 1.82) is 0 Å². The van der Waals surface area contributed by atoms with Gasteiger partial charge >= 0.3 is 11.9 Å². The number of carbonyl (C=O) groups excluding carboxylic acids is 1. The van der Waals surface area contributed by atoms with Gasteiger partial charge in [-0.25, -0.2) is 4.79 Å². The van der Waals surface area contributed by atoms with E-state index in [2.05, 4.69) is 5.16 Å². The van der Waals surface area contributed by atoms with Crippen LogP contribution in [-0.2, 0) is 13.0 Å². The molecule has 8 nitrogen and oxygen atoms in total. The molecule has 0 aliphatic rings. The average Bonchev–Trinajstić information content (AvgIpc) is 3.25. The summed E-state index contributed by atoms with van der Waals surface area (Å²) in [6.45, 7) is 1.85. The summed E-state index contributed by atoms with van der Waals surface area (Å²) >= 11 is 0. The number of alkyl halides is 2. The van der Waals surface area contributed by atoms with Gasteiger partial charge in [-0.1, -0.05) is 5.16 Å². The van der Waals surface area contributed by atoms with Crippen LogP contribution in [0.5, 0.6) is 5.75 Å². The van der Waals surface area contributed by atoms with E-state index in [4.69, 9.17) is 10.3 Å². The second kappa shape index (κ2) is 7.38. The number of nitrogens with two attached hydrogens (primary N) is 1. The Morgan fingerprint density at radius 3 is 2.52 bits per heavy atom. The number of rotatable bonds is 7. The third-order valence-electron chi connectivity index (χ3n) is 4.37. The first kappa shape index (κ1) is 20.1. The minimum Gasteiger partial charge on any atom is -0.508 e. The van der Waals surface area contributed by atoms with Gasteiger partial charge in [-0.15, -0.1) is 0 Å². The minimum absolute atomic E-state index is 0.0261. The normalized spacial score (nSPS) is 11.6. The number of aromatic nitrogens is 2. The number of phenolic OH excluding ortho intramolecular Hbond substituents is 1. The zero-order valence-corrected chi connectivity index (χ0v) is 15.2. The Bertz CT molecular complexity index is 1070. The number of carboxylic acid groups (broad SMARTS) is 1. The molecule has 0 spiro atoms. The van der Waals surface area contributed by atoms with Crippen LogP contribution < -0.4 is 5.73 Å². The Morgan fingerprint density at radius 1 is 1.28 bits per heavy atom. The molecule has 1 aromatic carbocycles. The van der Waals surface area contributed by atoms with Gasteiger partial charge in [-0.05, 0) is 31.2 Å². The van der Waals surface area contributed by atoms with Crippen molar-refractivity contribution >= 4 is 17.6 Å². The smallest absolute Gasteiger partial charge is 0.340 e. The number of hydrogen-bond acceptors (Lipinski definition) is 6. The summed E-state index contributed by atoms with van der Waals surface area (Å²) in [5.41, 5.74) is 4.66. The van der Waals surface area contributed by atoms with Crippen molar-refractivity contribution in [3.05, 3.63) is 53.3 Å². The summed E-state index contributed by atoms with van der Waals surface area (Å²) in [5.74, 6) is -7.23. The van der Waals surface area contributed by atoms with E-state index >= 15 is 0 Å². The van der Waals surface area contributed by atoms with E-state index in [1.165, 1.54) is 34.9 Å². The Kier molecular flexibility index (Phi) is 5.10. The lowest BCUT2D eigenvalue weighted by Crippen LogP contribution is -2.32. The van der Waals surface area contributed by atoms with Crippen LogP contribution in [-0.4, -0.2) is 37.6 Å². The summed E-state index contributed by atoms with van der Waals surface area (Å²) in [6.07, 6.45) is -0.0661. The van der Waals surface area contributed by atoms with Crippen molar-refractivity contribution in [3.63, 3.8) is 0 Å². The fourth-order valence-electron chi connectivity index (χ4n) is 2.89. The van der Waals surface area contributed by atoms with E-state index in [0.29, 0.717) is 5.56 Å². The van der Waals surface area contributed by atoms with Crippen LogP contribution in [0.1, 0.15) is 33.3 Å². The number of aromatic carboxylic acids is 1. The highest BCUT2D eigenvalue weighted by molar-refractivity contribution is 6.11. The third kappa shape index (κ3) is 3.82. The van der Waals surface area contributed by atoms with Crippen LogP contribution in [0.3, 0.4) is 0 Å². The van der Waals surface area contributed by atoms with E-state index in [-0.39, 0.29) is 29.6 Å². The number of phenols is 1. The largest absolute Gasteiger partial charge is 0.508 e. The molecule has 4 N–H and O–H groups in total. The molecule has 10 heteroatoms. The molecular formula is C19H17F2N3O5. The fraction of sp³-hybridized carbons (Fsp3) is 0.211. The number of ketones is 1. The molecular weight excluding hydrogens is 388 g/mol. The average molecular weight is 405 g/mol. The number of aryl methyl sites for hydroxylation is 1. The molecule has 152 valence electrons. The van der Waals surface area contributed by atoms with Crippen molar-refractivity contribution in [2.45, 2.75) is 25.8 Å². The molecule has 0 radical (unpaired) electrons. The van der Waals surface area contributed by atoms with Gasteiger partial charge in [-0.3, -0.25) is 4.79 Å². The van der Waals surface area contributed by atoms with E-state index in [1.54, 1.807) is 6.92 Å². The molecule has 0 fully saturated rings. The number of aromatic hydroxyl groups is 1. The number of Topliss-reactive ketones (excluding diaryl/α,β-unsaturated/α-hetero) is 1. The maximum Gasteiger partial charge on any atom is 0.340 e. The Labute approximate surface area is 163 Å². The van der Waals surface area contributed by atoms with Crippen LogP contribution in [0.15, 0.2) is 41.1 Å². The number of benzene rings is 1. The molecule has 2 aromatic heterocycles. The summed E-state index contributed by atoms with van der Waals surface area (Å²) in [7, 11) is 0. The Morgan fingerprint density at radius 2 is 1.93 bits per heavy atom. The minimum atomic E-state index is -3.93. The number of anilines is 1. The first-order valence-corrected chi connectivity index (χ1v) is 8.53. The van der Waals surface area contributed by atoms with Gasteiger partial charge in [0.2, 0.25) is 5.78 Å². The molecule has 0 saturated carbocycles. The van der Waals surface area contributed by atoms with Crippen molar-refractivity contribution in [3.8, 4) is 17.1 Å². The molecule has 2 heterocycles. The highest BCUT2D eigenvalue weighted by Gasteiger charge is 2.43. The van der Waals surface area contributed by atoms with Crippen LogP contribution in [0.4, 0.5) is 14.6 Å². The number of carbonyl (C=O) groups is 2. The quantitative estimate of drug-likeness (QED) is 0.514. The standard InChI is InChI=1S/C19H17F2N3O5/c1-2-24-9-13(15(17(24)22)18(27)28)16(26)19(20,21)8-11-7-14(29-23-11)10-3-5-12(25)6-4-10/h3-7,9,25H,2,8,22H2,1H3,(H,27,28). The lowest BCUT2D eigenvalue weighted by Gasteiger charge is -2.13. The number of carboxylic acids is 1. The van der Waals surface area contributed by atoms with E-state index in [9.17, 15) is 28.6 Å². The number of nitrogens with zero attached hydrogens (tertiary/aromatic N) is 2. The molecule has 0 aliphatic heterocycles. The maximum absolute atomic E-state index is 14.6. The van der Waals surface area contributed by atoms with Crippen molar-refractivity contribution in [2.75, 3.05) is 5.73 Å². The van der Waals surface area contributed by atoms with E-state index in [0.717, 1.165) is 6.20 Å². The van der Waals surface area contributed by atoms with Gasteiger partial charge in [0.05, 0.1) is 17.7 Å². The van der Waals surface area contributed by atoms with Crippen LogP contribution >= 0.6 is 0 Å². The second-order valence-electron chi connectivity index (χ2n) is 6.33. The first-order chi connectivity index (χ1) is 13.6. The summed E-state index contributed by atoms with van der Waals surface area (Å²) in [5, 5.41) is 22.1. The Hall–Kier alpha value is -3.69. The van der Waals surface area contributed by atoms with Gasteiger partial charge < -0.3 is 25.0 Å². The summed E-state index contributed by atoms with van der Waals surface area (Å²) in [6, 6.07) is 7.06. The molecule has 0 amide bonds. The van der Waals surface area contributed by atoms with Gasteiger partial charge in [0.1, 0.15) is 17.1 Å². The molecule has 0 bridgehead atoms. The van der Waals surface area contributed by atoms with Crippen molar-refractivity contribution in [1.82, 2.24) is 9.72 Å². The summed E-state index contributed by atoms with van der Waals surface area (Å²) in [4.78, 5) is 23.8. The second-order valence-corrected chi connectivity index (χ2v) is 6.33. The van der Waals surface area contributed by atoms with Gasteiger partial charge in [0.15, 0.2) is 5.76 Å². The Balaban J connectivity index is 1.87. The zero-order chi connectivity index (χ0) is 21.3. The highest BCUT2D eigenvalue weighted by Crippen LogP contribution is 2.31. The predicted molar refractivity (Wildman–Crippen MR) is 98.1 cm³/mol. The maximum atomic E-state index is 14.6. The lowest BCUT2D eigenvalue weighted by atomic mass is 10.00. The lowest BCUT2D eigenvalue weighted by molar-refractivity contribution is 0.00952. The van der Waals surface area contributed by atoms with Crippen molar-refractivity contribution in [2.24, 2.45) is 0 Å². The van der Waals surface area contributed by atoms with Crippen LogP contribution in [0.25, 0.3) is 11.3 Å². The molecule has 3 aromatic rings. The molecule has 0 atom stereocenters. The number of nitrogen functional groups attached to an aromatic ring is 1. The van der Waals surface area contributed by atoms with E-state index < -0.39 is 35.2 Å². The highest BCUT2D eigenvalue weighted by atomic mass is 19.3. The fourth-order valence-corrected chi connectivity index (χ4v) is 2.89. The number of hydrogen-bond donors (Lipinski definition) is 3. The summed E-state index contributed by atoms with van der Waals surface area (Å²) < 4.78 is 35.5. The first-order valence-electron chi connectivity index (χ1n) is 8.53. The zero-order valence-electron chi connectivity index (χ0n) is 15.2. The topological polar surface area (TPSA) is 132 Å². The molecule has 0 saturated heterocycles. The molecule has 3 rings (SSSR count). The predicted octanol–water partition coefficient (Wildman–Crippen LogP) is 3.21. The molecule has 29 heavy (non-hydrogen) atoms. The number of halogens is 2. The van der Waals surface area contributed by atoms with Gasteiger partial charge in [-0.2, -0.15) is 8.78 Å². The van der Waals surface area contributed by atoms with E-state index in [1.807, 2.05) is 0 Å². The van der Waals surface area contributed by atoms with Gasteiger partial charge in [0, 0.05) is 24.4 Å². The monoisotopic (exact) mass is 405 g/mol. The third-order valence-corrected chi connectivity index (χ3v) is 4.37. The van der Waals surface area contributed by atoms with Crippen LogP contribution in [0.2, 0.25) is 0 Å². The SMILES string of the molecule is CCn1cc(C(=O)C(F)(F)Cc2cc(-c3ccc(O)cc3)on2)c(C(=O)O)c1N. The van der Waals surface area contributed by atoms with Gasteiger partial charge in [0.25, 0.3) is 0 Å². The van der Waals surface area contributed by atoms with Crippen LogP contribution in [0, 0.1) is 0 Å². The molecule has 0 unspecified atom stereocenters.